The van der Waals surface area contributed by atoms with Crippen molar-refractivity contribution in [1.29, 1.82) is 0 Å². The van der Waals surface area contributed by atoms with E-state index in [-0.39, 0.29) is 0 Å². The molecule has 0 unspecified atom stereocenters. The molecule has 0 aromatic rings. The first-order chi connectivity index (χ1) is 3.77. The van der Waals surface area contributed by atoms with Gasteiger partial charge >= 0.3 is 0 Å². The molecule has 0 saturated carbocycles. The highest BCUT2D eigenvalue weighted by Crippen LogP contribution is 2.51. The van der Waals surface area contributed by atoms with Gasteiger partial charge in [-0.2, -0.15) is 0 Å². The van der Waals surface area contributed by atoms with E-state index in [1.807, 2.05) is 6.92 Å². The van der Waals surface area contributed by atoms with Gasteiger partial charge in [-0.05, 0) is 11.8 Å². The number of rotatable bonds is 1. The maximum atomic E-state index is 5.19. The molecule has 0 aromatic heterocycles. The summed E-state index contributed by atoms with van der Waals surface area (Å²) in [5.41, 5.74) is 0. The Morgan fingerprint density at radius 2 is 2.00 bits per heavy atom. The van der Waals surface area contributed by atoms with Gasteiger partial charge in [-0.15, -0.1) is 0 Å². The lowest BCUT2D eigenvalue weighted by molar-refractivity contribution is 0.365. The van der Waals surface area contributed by atoms with Crippen molar-refractivity contribution in [2.24, 2.45) is 0 Å². The van der Waals surface area contributed by atoms with Gasteiger partial charge in [-0.1, -0.05) is 6.92 Å². The van der Waals surface area contributed by atoms with E-state index in [9.17, 15) is 0 Å². The molecule has 1 rings (SSSR count). The van der Waals surface area contributed by atoms with E-state index >= 15 is 0 Å². The average Bonchev–Trinajstić information content (AvgIpc) is 2.17. The highest BCUT2D eigenvalue weighted by Gasteiger charge is 2.21. The molecule has 2 nitrogen and oxygen atoms in total. The third-order valence-corrected chi connectivity index (χ3v) is 4.38. The van der Waals surface area contributed by atoms with Crippen LogP contribution >= 0.6 is 6.49 Å². The lowest BCUT2D eigenvalue weighted by atomic mass is 10.8. The zero-order chi connectivity index (χ0) is 6.04. The number of hydrogen-bond donors (Lipinski definition) is 0. The summed E-state index contributed by atoms with van der Waals surface area (Å²) in [6.07, 6.45) is 0.863. The normalized spacial score (nSPS) is 26.1. The largest absolute Gasteiger partial charge is 0.327 e. The fraction of sp³-hybridized carbons (Fsp3) is 1.00. The van der Waals surface area contributed by atoms with Crippen LogP contribution in [0.5, 0.6) is 0 Å². The Morgan fingerprint density at radius 3 is 2.25 bits per heavy atom. The second-order valence-electron chi connectivity index (χ2n) is 1.59. The molecule has 8 heavy (non-hydrogen) atoms. The molecule has 0 atom stereocenters. The van der Waals surface area contributed by atoms with Crippen LogP contribution in [0.15, 0.2) is 0 Å². The second kappa shape index (κ2) is 2.44. The summed E-state index contributed by atoms with van der Waals surface area (Å²) in [6, 6.07) is 0. The quantitative estimate of drug-likeness (QED) is 0.528. The first kappa shape index (κ1) is 6.69. The van der Waals surface area contributed by atoms with E-state index in [4.69, 9.17) is 20.9 Å². The third kappa shape index (κ3) is 1.29. The van der Waals surface area contributed by atoms with Gasteiger partial charge in [0, 0.05) is 6.16 Å². The molecule has 1 aliphatic rings. The number of hydrogen-bond acceptors (Lipinski definition) is 3. The molecule has 1 heterocycles. The molecular formula is C4H9O2PS. The molecule has 1 saturated heterocycles. The molecule has 48 valence electrons. The van der Waals surface area contributed by atoms with Crippen LogP contribution in [0.4, 0.5) is 0 Å². The summed E-state index contributed by atoms with van der Waals surface area (Å²) in [6.45, 7) is 1.69. The molecular weight excluding hydrogens is 143 g/mol. The predicted octanol–water partition coefficient (Wildman–Crippen LogP) is 1.36. The smallest absolute Gasteiger partial charge is 0.188 e. The fourth-order valence-electron chi connectivity index (χ4n) is 0.573. The first-order valence-electron chi connectivity index (χ1n) is 2.65. The van der Waals surface area contributed by atoms with Crippen LogP contribution in [0.3, 0.4) is 0 Å². The van der Waals surface area contributed by atoms with Crippen molar-refractivity contribution >= 4 is 18.3 Å². The van der Waals surface area contributed by atoms with Crippen LogP contribution in [0.2, 0.25) is 0 Å². The van der Waals surface area contributed by atoms with Gasteiger partial charge in [-0.25, -0.2) is 0 Å². The minimum atomic E-state index is -1.72. The monoisotopic (exact) mass is 152 g/mol. The summed E-state index contributed by atoms with van der Waals surface area (Å²) in [5.74, 6) is 0. The Balaban J connectivity index is 2.53. The van der Waals surface area contributed by atoms with Crippen molar-refractivity contribution in [3.8, 4) is 0 Å². The van der Waals surface area contributed by atoms with Gasteiger partial charge in [0.05, 0.1) is 13.2 Å². The third-order valence-electron chi connectivity index (χ3n) is 1.05. The zero-order valence-corrected chi connectivity index (χ0v) is 6.50. The Morgan fingerprint density at radius 1 is 1.50 bits per heavy atom. The Hall–Kier alpha value is 0.570. The van der Waals surface area contributed by atoms with E-state index in [2.05, 4.69) is 0 Å². The Kier molecular flexibility index (Phi) is 2.04. The van der Waals surface area contributed by atoms with Crippen LogP contribution in [0, 0.1) is 0 Å². The summed E-state index contributed by atoms with van der Waals surface area (Å²) < 4.78 is 10.4. The van der Waals surface area contributed by atoms with Gasteiger partial charge in [-0.3, -0.25) is 0 Å². The maximum Gasteiger partial charge on any atom is 0.188 e. The van der Waals surface area contributed by atoms with Gasteiger partial charge in [0.15, 0.2) is 6.49 Å². The van der Waals surface area contributed by atoms with Gasteiger partial charge in [0.2, 0.25) is 0 Å². The Labute approximate surface area is 54.3 Å². The van der Waals surface area contributed by atoms with Crippen molar-refractivity contribution < 1.29 is 9.05 Å². The van der Waals surface area contributed by atoms with Crippen molar-refractivity contribution in [2.45, 2.75) is 6.92 Å². The van der Waals surface area contributed by atoms with Crippen LogP contribution in [-0.4, -0.2) is 19.4 Å². The minimum absolute atomic E-state index is 0.700. The second-order valence-corrected chi connectivity index (χ2v) is 5.63. The standard InChI is InChI=1S/C4H9O2PS/c1-2-7(8)5-3-4-6-7/h2-4H2,1H3. The molecule has 0 N–H and O–H groups in total. The molecule has 0 bridgehead atoms. The molecule has 0 aliphatic carbocycles. The molecule has 1 aliphatic heterocycles. The van der Waals surface area contributed by atoms with Crippen LogP contribution in [0.1, 0.15) is 6.92 Å². The highest BCUT2D eigenvalue weighted by atomic mass is 32.5. The van der Waals surface area contributed by atoms with E-state index in [0.29, 0.717) is 13.2 Å². The van der Waals surface area contributed by atoms with E-state index in [1.165, 1.54) is 0 Å². The predicted molar refractivity (Wildman–Crippen MR) is 36.7 cm³/mol. The van der Waals surface area contributed by atoms with Gasteiger partial charge < -0.3 is 9.05 Å². The van der Waals surface area contributed by atoms with Crippen molar-refractivity contribution in [1.82, 2.24) is 0 Å². The Bertz CT molecular complexity index is 115. The van der Waals surface area contributed by atoms with E-state index in [0.717, 1.165) is 6.16 Å². The topological polar surface area (TPSA) is 18.5 Å². The van der Waals surface area contributed by atoms with Crippen LogP contribution in [-0.2, 0) is 20.9 Å². The summed E-state index contributed by atoms with van der Waals surface area (Å²) in [4.78, 5) is 0. The van der Waals surface area contributed by atoms with E-state index in [1.54, 1.807) is 0 Å². The van der Waals surface area contributed by atoms with Gasteiger partial charge in [0.1, 0.15) is 0 Å². The van der Waals surface area contributed by atoms with Crippen molar-refractivity contribution in [3.63, 3.8) is 0 Å². The van der Waals surface area contributed by atoms with Gasteiger partial charge in [0.25, 0.3) is 0 Å². The lowest BCUT2D eigenvalue weighted by Crippen LogP contribution is -1.81. The molecule has 0 radical (unpaired) electrons. The average molecular weight is 152 g/mol. The fourth-order valence-corrected chi connectivity index (χ4v) is 2.16. The highest BCUT2D eigenvalue weighted by molar-refractivity contribution is 8.10. The molecule has 4 heteroatoms. The summed E-state index contributed by atoms with van der Waals surface area (Å²) in [5, 5.41) is 0. The molecule has 0 amide bonds. The lowest BCUT2D eigenvalue weighted by Gasteiger charge is -2.08. The van der Waals surface area contributed by atoms with Crippen molar-refractivity contribution in [2.75, 3.05) is 19.4 Å². The van der Waals surface area contributed by atoms with Crippen LogP contribution < -0.4 is 0 Å². The molecule has 0 aromatic carbocycles. The molecule has 0 spiro atoms. The summed E-state index contributed by atoms with van der Waals surface area (Å²) in [7, 11) is 0. The minimum Gasteiger partial charge on any atom is -0.327 e. The SMILES string of the molecule is CCP1(=S)OCCO1. The first-order valence-corrected chi connectivity index (χ1v) is 5.47. The summed E-state index contributed by atoms with van der Waals surface area (Å²) >= 11 is 5.03. The van der Waals surface area contributed by atoms with Crippen LogP contribution in [0.25, 0.3) is 0 Å². The van der Waals surface area contributed by atoms with E-state index < -0.39 is 6.49 Å². The van der Waals surface area contributed by atoms with Crippen molar-refractivity contribution in [3.05, 3.63) is 0 Å². The zero-order valence-electron chi connectivity index (χ0n) is 4.79. The molecule has 1 fully saturated rings. The maximum absolute atomic E-state index is 5.19.